The molecule has 1 unspecified atom stereocenters. The molecular formula is C14H21N3O3S. The molecule has 1 atom stereocenters. The van der Waals surface area contributed by atoms with E-state index < -0.39 is 10.0 Å². The van der Waals surface area contributed by atoms with E-state index in [1.807, 2.05) is 0 Å². The summed E-state index contributed by atoms with van der Waals surface area (Å²) in [4.78, 5) is 11.2. The van der Waals surface area contributed by atoms with Gasteiger partial charge >= 0.3 is 0 Å². The molecule has 6 nitrogen and oxygen atoms in total. The average Bonchev–Trinajstić information content (AvgIpc) is 2.47. The van der Waals surface area contributed by atoms with Crippen LogP contribution in [0, 0.1) is 0 Å². The first-order valence-electron chi connectivity index (χ1n) is 6.97. The second-order valence-corrected chi connectivity index (χ2v) is 7.22. The molecule has 0 spiro atoms. The van der Waals surface area contributed by atoms with E-state index in [0.29, 0.717) is 12.2 Å². The molecule has 1 fully saturated rings. The first-order chi connectivity index (χ1) is 9.91. The van der Waals surface area contributed by atoms with Gasteiger partial charge in [0.05, 0.1) is 4.90 Å². The zero-order valence-electron chi connectivity index (χ0n) is 12.3. The Kier molecular flexibility index (Phi) is 4.97. The van der Waals surface area contributed by atoms with Gasteiger partial charge in [0.2, 0.25) is 15.9 Å². The maximum Gasteiger partial charge on any atom is 0.243 e. The quantitative estimate of drug-likeness (QED) is 0.870. The molecule has 1 aromatic rings. The molecule has 0 saturated carbocycles. The highest BCUT2D eigenvalue weighted by atomic mass is 32.2. The van der Waals surface area contributed by atoms with E-state index in [9.17, 15) is 13.2 Å². The normalized spacial score (nSPS) is 19.5. The summed E-state index contributed by atoms with van der Waals surface area (Å²) in [5, 5.41) is 5.84. The summed E-state index contributed by atoms with van der Waals surface area (Å²) in [7, 11) is -1.88. The van der Waals surface area contributed by atoms with Crippen molar-refractivity contribution in [2.75, 3.05) is 25.5 Å². The zero-order valence-corrected chi connectivity index (χ0v) is 13.1. The molecule has 0 aliphatic carbocycles. The smallest absolute Gasteiger partial charge is 0.243 e. The third kappa shape index (κ3) is 3.81. The van der Waals surface area contributed by atoms with Gasteiger partial charge in [-0.2, -0.15) is 4.31 Å². The largest absolute Gasteiger partial charge is 0.326 e. The first-order valence-corrected chi connectivity index (χ1v) is 8.41. The van der Waals surface area contributed by atoms with Crippen molar-refractivity contribution in [1.29, 1.82) is 0 Å². The van der Waals surface area contributed by atoms with E-state index >= 15 is 0 Å². The number of anilines is 1. The van der Waals surface area contributed by atoms with E-state index in [0.717, 1.165) is 19.4 Å². The van der Waals surface area contributed by atoms with Gasteiger partial charge < -0.3 is 10.6 Å². The Labute approximate surface area is 125 Å². The number of hydrogen-bond acceptors (Lipinski definition) is 4. The van der Waals surface area contributed by atoms with Gasteiger partial charge in [-0.25, -0.2) is 8.42 Å². The van der Waals surface area contributed by atoms with E-state index in [4.69, 9.17) is 0 Å². The maximum atomic E-state index is 12.6. The van der Waals surface area contributed by atoms with Crippen molar-refractivity contribution < 1.29 is 13.2 Å². The zero-order chi connectivity index (χ0) is 15.5. The van der Waals surface area contributed by atoms with Crippen molar-refractivity contribution in [3.63, 3.8) is 0 Å². The number of sulfonamides is 1. The van der Waals surface area contributed by atoms with E-state index in [2.05, 4.69) is 10.6 Å². The van der Waals surface area contributed by atoms with Gasteiger partial charge in [-0.15, -0.1) is 0 Å². The van der Waals surface area contributed by atoms with Crippen LogP contribution in [0.4, 0.5) is 5.69 Å². The minimum absolute atomic E-state index is 0.0150. The molecule has 1 aliphatic heterocycles. The maximum absolute atomic E-state index is 12.6. The predicted molar refractivity (Wildman–Crippen MR) is 81.6 cm³/mol. The minimum atomic E-state index is -3.50. The molecule has 0 radical (unpaired) electrons. The van der Waals surface area contributed by atoms with Gasteiger partial charge in [-0.3, -0.25) is 4.79 Å². The van der Waals surface area contributed by atoms with Crippen LogP contribution in [-0.4, -0.2) is 44.8 Å². The summed E-state index contributed by atoms with van der Waals surface area (Å²) >= 11 is 0. The Hall–Kier alpha value is -1.44. The lowest BCUT2D eigenvalue weighted by Gasteiger charge is -2.30. The van der Waals surface area contributed by atoms with Crippen LogP contribution in [0.3, 0.4) is 0 Å². The molecule has 1 aliphatic rings. The van der Waals surface area contributed by atoms with Crippen molar-refractivity contribution in [1.82, 2.24) is 9.62 Å². The highest BCUT2D eigenvalue weighted by molar-refractivity contribution is 7.89. The number of nitrogens with zero attached hydrogens (tertiary/aromatic N) is 1. The van der Waals surface area contributed by atoms with Crippen LogP contribution in [0.15, 0.2) is 29.2 Å². The highest BCUT2D eigenvalue weighted by Gasteiger charge is 2.28. The highest BCUT2D eigenvalue weighted by Crippen LogP contribution is 2.21. The van der Waals surface area contributed by atoms with Crippen LogP contribution in [0.2, 0.25) is 0 Å². The van der Waals surface area contributed by atoms with Crippen LogP contribution < -0.4 is 10.6 Å². The van der Waals surface area contributed by atoms with E-state index in [1.54, 1.807) is 19.2 Å². The molecule has 1 amide bonds. The third-order valence-corrected chi connectivity index (χ3v) is 5.56. The summed E-state index contributed by atoms with van der Waals surface area (Å²) in [5.74, 6) is -0.184. The second kappa shape index (κ2) is 6.55. The lowest BCUT2D eigenvalue weighted by Crippen LogP contribution is -2.46. The molecule has 21 heavy (non-hydrogen) atoms. The molecule has 1 heterocycles. The number of likely N-dealkylation sites (N-methyl/N-ethyl adjacent to an activating group) is 1. The Morgan fingerprint density at radius 3 is 2.52 bits per heavy atom. The topological polar surface area (TPSA) is 78.5 Å². The van der Waals surface area contributed by atoms with Gasteiger partial charge in [0.25, 0.3) is 0 Å². The lowest BCUT2D eigenvalue weighted by molar-refractivity contribution is -0.114. The molecule has 2 N–H and O–H groups in total. The van der Waals surface area contributed by atoms with Crippen LogP contribution in [0.5, 0.6) is 0 Å². The van der Waals surface area contributed by atoms with Gasteiger partial charge in [0.1, 0.15) is 0 Å². The van der Waals surface area contributed by atoms with E-state index in [-0.39, 0.29) is 16.8 Å². The van der Waals surface area contributed by atoms with Crippen LogP contribution in [0.25, 0.3) is 0 Å². The Morgan fingerprint density at radius 2 is 2.00 bits per heavy atom. The number of carbonyl (C=O) groups excluding carboxylic acids is 1. The minimum Gasteiger partial charge on any atom is -0.326 e. The fourth-order valence-electron chi connectivity index (χ4n) is 2.42. The number of amides is 1. The Balaban J connectivity index is 2.16. The molecule has 116 valence electrons. The standard InChI is InChI=1S/C14H21N3O3S/c1-11(18)16-12-5-7-14(8-6-12)21(19,20)17(2)13-4-3-9-15-10-13/h5-8,13,15H,3-4,9-10H2,1-2H3,(H,16,18). The van der Waals surface area contributed by atoms with Crippen molar-refractivity contribution in [2.24, 2.45) is 0 Å². The van der Waals surface area contributed by atoms with Crippen LogP contribution in [0.1, 0.15) is 19.8 Å². The molecule has 2 rings (SSSR count). The molecule has 7 heteroatoms. The molecular weight excluding hydrogens is 290 g/mol. The van der Waals surface area contributed by atoms with Crippen molar-refractivity contribution >= 4 is 21.6 Å². The summed E-state index contributed by atoms with van der Waals surface area (Å²) in [5.41, 5.74) is 0.587. The molecule has 0 bridgehead atoms. The third-order valence-electron chi connectivity index (χ3n) is 3.64. The molecule has 1 aromatic carbocycles. The Morgan fingerprint density at radius 1 is 1.33 bits per heavy atom. The summed E-state index contributed by atoms with van der Waals surface area (Å²) in [6, 6.07) is 6.22. The molecule has 0 aromatic heterocycles. The van der Waals surface area contributed by atoms with Crippen LogP contribution in [-0.2, 0) is 14.8 Å². The number of piperidine rings is 1. The van der Waals surface area contributed by atoms with Crippen molar-refractivity contribution in [3.05, 3.63) is 24.3 Å². The Bertz CT molecular complexity index is 592. The van der Waals surface area contributed by atoms with Gasteiger partial charge in [-0.05, 0) is 43.7 Å². The van der Waals surface area contributed by atoms with Crippen LogP contribution >= 0.6 is 0 Å². The number of nitrogens with one attached hydrogen (secondary N) is 2. The lowest BCUT2D eigenvalue weighted by atomic mass is 10.1. The number of carbonyl (C=O) groups is 1. The van der Waals surface area contributed by atoms with Crippen molar-refractivity contribution in [2.45, 2.75) is 30.7 Å². The predicted octanol–water partition coefficient (Wildman–Crippen LogP) is 1.02. The van der Waals surface area contributed by atoms with Gasteiger partial charge in [-0.1, -0.05) is 0 Å². The number of hydrogen-bond donors (Lipinski definition) is 2. The monoisotopic (exact) mass is 311 g/mol. The summed E-state index contributed by atoms with van der Waals surface area (Å²) in [6.07, 6.45) is 1.85. The van der Waals surface area contributed by atoms with E-state index in [1.165, 1.54) is 23.4 Å². The second-order valence-electron chi connectivity index (χ2n) is 5.23. The number of benzene rings is 1. The SMILES string of the molecule is CC(=O)Nc1ccc(S(=O)(=O)N(C)C2CCCNC2)cc1. The molecule has 1 saturated heterocycles. The average molecular weight is 311 g/mol. The fraction of sp³-hybridized carbons (Fsp3) is 0.500. The summed E-state index contributed by atoms with van der Waals surface area (Å²) < 4.78 is 26.6. The number of rotatable bonds is 4. The first kappa shape index (κ1) is 15.9. The van der Waals surface area contributed by atoms with Gasteiger partial charge in [0, 0.05) is 32.2 Å². The van der Waals surface area contributed by atoms with Gasteiger partial charge in [0.15, 0.2) is 0 Å². The van der Waals surface area contributed by atoms with Crippen molar-refractivity contribution in [3.8, 4) is 0 Å². The summed E-state index contributed by atoms with van der Waals surface area (Å²) in [6.45, 7) is 3.03. The fourth-order valence-corrected chi connectivity index (χ4v) is 3.80.